The zero-order chi connectivity index (χ0) is 17.2. The highest BCUT2D eigenvalue weighted by Gasteiger charge is 2.24. The van der Waals surface area contributed by atoms with E-state index < -0.39 is 38.4 Å². The van der Waals surface area contributed by atoms with Gasteiger partial charge in [-0.25, -0.2) is 22.2 Å². The van der Waals surface area contributed by atoms with E-state index in [0.29, 0.717) is 17.4 Å². The minimum Gasteiger partial charge on any atom is -0.481 e. The number of hydrogen-bond acceptors (Lipinski definition) is 5. The molecular formula is C13H12F2N2O4S2. The number of carbonyl (C=O) groups is 1. The molecule has 0 saturated carbocycles. The molecule has 1 atom stereocenters. The summed E-state index contributed by atoms with van der Waals surface area (Å²) in [5.74, 6) is -3.97. The van der Waals surface area contributed by atoms with Crippen LogP contribution in [0.3, 0.4) is 0 Å². The van der Waals surface area contributed by atoms with Gasteiger partial charge in [0, 0.05) is 17.1 Å². The third-order valence-electron chi connectivity index (χ3n) is 2.98. The number of sulfonamides is 1. The molecule has 10 heteroatoms. The Balaban J connectivity index is 2.28. The first kappa shape index (κ1) is 17.3. The van der Waals surface area contributed by atoms with E-state index in [0.717, 1.165) is 23.5 Å². The van der Waals surface area contributed by atoms with Crippen molar-refractivity contribution in [3.8, 4) is 0 Å². The van der Waals surface area contributed by atoms with Gasteiger partial charge in [-0.3, -0.25) is 9.52 Å². The third-order valence-corrected chi connectivity index (χ3v) is 5.51. The number of rotatable bonds is 6. The minimum atomic E-state index is -4.29. The summed E-state index contributed by atoms with van der Waals surface area (Å²) in [5.41, 5.74) is 0. The molecule has 0 aliphatic rings. The Kier molecular flexibility index (Phi) is 4.95. The lowest BCUT2D eigenvalue weighted by molar-refractivity contribution is -0.138. The van der Waals surface area contributed by atoms with Crippen LogP contribution in [0.15, 0.2) is 29.3 Å². The van der Waals surface area contributed by atoms with Gasteiger partial charge in [0.15, 0.2) is 5.13 Å². The SMILES string of the molecule is CCC(C(=O)O)c1cnc(NS(=O)(=O)c2ccc(F)cc2F)s1. The molecule has 1 aromatic heterocycles. The van der Waals surface area contributed by atoms with E-state index in [9.17, 15) is 22.0 Å². The van der Waals surface area contributed by atoms with Crippen molar-refractivity contribution in [1.29, 1.82) is 0 Å². The number of aliphatic carboxylic acids is 1. The Labute approximate surface area is 134 Å². The van der Waals surface area contributed by atoms with Gasteiger partial charge in [-0.05, 0) is 18.6 Å². The number of nitrogens with one attached hydrogen (secondary N) is 1. The maximum absolute atomic E-state index is 13.6. The molecule has 0 saturated heterocycles. The zero-order valence-electron chi connectivity index (χ0n) is 11.8. The zero-order valence-corrected chi connectivity index (χ0v) is 13.4. The van der Waals surface area contributed by atoms with Crippen LogP contribution in [0.1, 0.15) is 24.1 Å². The first-order valence-corrected chi connectivity index (χ1v) is 8.71. The van der Waals surface area contributed by atoms with Crippen LogP contribution in [-0.4, -0.2) is 24.5 Å². The summed E-state index contributed by atoms with van der Waals surface area (Å²) < 4.78 is 52.7. The lowest BCUT2D eigenvalue weighted by Crippen LogP contribution is -2.14. The molecule has 1 heterocycles. The number of thiazole rings is 1. The standard InChI is InChI=1S/C13H12F2N2O4S2/c1-2-8(12(18)19)10-6-16-13(22-10)17-23(20,21)11-4-3-7(14)5-9(11)15/h3-6,8H,2H2,1H3,(H,16,17)(H,18,19). The molecule has 124 valence electrons. The monoisotopic (exact) mass is 362 g/mol. The predicted octanol–water partition coefficient (Wildman–Crippen LogP) is 2.80. The van der Waals surface area contributed by atoms with Crippen LogP contribution in [0.5, 0.6) is 0 Å². The lowest BCUT2D eigenvalue weighted by atomic mass is 10.1. The van der Waals surface area contributed by atoms with Crippen molar-refractivity contribution >= 4 is 32.5 Å². The van der Waals surface area contributed by atoms with Crippen LogP contribution in [0, 0.1) is 11.6 Å². The number of hydrogen-bond donors (Lipinski definition) is 2. The predicted molar refractivity (Wildman–Crippen MR) is 79.9 cm³/mol. The Morgan fingerprint density at radius 1 is 1.43 bits per heavy atom. The Morgan fingerprint density at radius 3 is 2.70 bits per heavy atom. The molecule has 2 aromatic rings. The molecule has 0 aliphatic heterocycles. The van der Waals surface area contributed by atoms with Gasteiger partial charge in [0.1, 0.15) is 16.5 Å². The van der Waals surface area contributed by atoms with Crippen molar-refractivity contribution in [3.63, 3.8) is 0 Å². The number of nitrogens with zero attached hydrogens (tertiary/aromatic N) is 1. The molecule has 6 nitrogen and oxygen atoms in total. The van der Waals surface area contributed by atoms with Crippen molar-refractivity contribution in [3.05, 3.63) is 40.9 Å². The van der Waals surface area contributed by atoms with Crippen LogP contribution in [0.2, 0.25) is 0 Å². The van der Waals surface area contributed by atoms with Gasteiger partial charge in [-0.1, -0.05) is 6.92 Å². The summed E-state index contributed by atoms with van der Waals surface area (Å²) >= 11 is 0.846. The average molecular weight is 362 g/mol. The van der Waals surface area contributed by atoms with Gasteiger partial charge < -0.3 is 5.11 Å². The van der Waals surface area contributed by atoms with Crippen LogP contribution >= 0.6 is 11.3 Å². The molecule has 0 spiro atoms. The fourth-order valence-corrected chi connectivity index (χ4v) is 4.15. The van der Waals surface area contributed by atoms with E-state index in [2.05, 4.69) is 9.71 Å². The Bertz CT molecular complexity index is 836. The third kappa shape index (κ3) is 3.82. The lowest BCUT2D eigenvalue weighted by Gasteiger charge is -2.07. The quantitative estimate of drug-likeness (QED) is 0.824. The molecule has 0 aliphatic carbocycles. The highest BCUT2D eigenvalue weighted by Crippen LogP contribution is 2.30. The summed E-state index contributed by atoms with van der Waals surface area (Å²) in [6.45, 7) is 1.68. The summed E-state index contributed by atoms with van der Waals surface area (Å²) in [4.78, 5) is 14.5. The van der Waals surface area contributed by atoms with Gasteiger partial charge in [0.25, 0.3) is 10.0 Å². The van der Waals surface area contributed by atoms with Crippen LogP contribution in [0.4, 0.5) is 13.9 Å². The number of benzene rings is 1. The molecule has 0 radical (unpaired) electrons. The van der Waals surface area contributed by atoms with Crippen LogP contribution in [-0.2, 0) is 14.8 Å². The first-order chi connectivity index (χ1) is 10.7. The summed E-state index contributed by atoms with van der Waals surface area (Å²) in [6, 6.07) is 2.08. The molecule has 0 fully saturated rings. The summed E-state index contributed by atoms with van der Waals surface area (Å²) in [5, 5.41) is 8.97. The van der Waals surface area contributed by atoms with E-state index in [1.807, 2.05) is 0 Å². The average Bonchev–Trinajstić information content (AvgIpc) is 2.85. The maximum Gasteiger partial charge on any atom is 0.311 e. The topological polar surface area (TPSA) is 96.4 Å². The van der Waals surface area contributed by atoms with E-state index in [-0.39, 0.29) is 5.13 Å². The summed E-state index contributed by atoms with van der Waals surface area (Å²) in [6.07, 6.45) is 1.57. The van der Waals surface area contributed by atoms with Crippen LogP contribution < -0.4 is 4.72 Å². The molecule has 0 amide bonds. The van der Waals surface area contributed by atoms with Gasteiger partial charge in [-0.2, -0.15) is 0 Å². The fourth-order valence-electron chi connectivity index (χ4n) is 1.86. The van der Waals surface area contributed by atoms with Gasteiger partial charge in [0.05, 0.1) is 5.92 Å². The van der Waals surface area contributed by atoms with Crippen LogP contribution in [0.25, 0.3) is 0 Å². The second-order valence-corrected chi connectivity index (χ2v) is 7.26. The first-order valence-electron chi connectivity index (χ1n) is 6.41. The molecule has 1 unspecified atom stereocenters. The highest BCUT2D eigenvalue weighted by atomic mass is 32.2. The van der Waals surface area contributed by atoms with Crippen molar-refractivity contribution < 1.29 is 27.1 Å². The number of anilines is 1. The number of carboxylic acid groups (broad SMARTS) is 1. The van der Waals surface area contributed by atoms with Crippen molar-refractivity contribution in [1.82, 2.24) is 4.98 Å². The molecule has 2 N–H and O–H groups in total. The maximum atomic E-state index is 13.6. The molecule has 1 aromatic carbocycles. The van der Waals surface area contributed by atoms with Crippen molar-refractivity contribution in [2.75, 3.05) is 4.72 Å². The highest BCUT2D eigenvalue weighted by molar-refractivity contribution is 7.93. The van der Waals surface area contributed by atoms with Gasteiger partial charge in [-0.15, -0.1) is 11.3 Å². The van der Waals surface area contributed by atoms with Crippen molar-refractivity contribution in [2.24, 2.45) is 0 Å². The second-order valence-electron chi connectivity index (χ2n) is 4.55. The largest absolute Gasteiger partial charge is 0.481 e. The normalized spacial score (nSPS) is 12.8. The van der Waals surface area contributed by atoms with E-state index >= 15 is 0 Å². The smallest absolute Gasteiger partial charge is 0.311 e. The number of aromatic nitrogens is 1. The van der Waals surface area contributed by atoms with E-state index in [1.165, 1.54) is 6.20 Å². The Morgan fingerprint density at radius 2 is 2.13 bits per heavy atom. The van der Waals surface area contributed by atoms with Crippen molar-refractivity contribution in [2.45, 2.75) is 24.2 Å². The number of carboxylic acids is 1. The summed E-state index contributed by atoms with van der Waals surface area (Å²) in [7, 11) is -4.29. The fraction of sp³-hybridized carbons (Fsp3) is 0.231. The molecule has 2 rings (SSSR count). The van der Waals surface area contributed by atoms with Gasteiger partial charge >= 0.3 is 5.97 Å². The molecule has 0 bridgehead atoms. The second kappa shape index (κ2) is 6.59. The van der Waals surface area contributed by atoms with E-state index in [4.69, 9.17) is 5.11 Å². The molecule has 23 heavy (non-hydrogen) atoms. The minimum absolute atomic E-state index is 0.0941. The Hall–Kier alpha value is -2.07. The van der Waals surface area contributed by atoms with E-state index in [1.54, 1.807) is 6.92 Å². The molecular weight excluding hydrogens is 350 g/mol. The number of halogens is 2. The van der Waals surface area contributed by atoms with Gasteiger partial charge in [0.2, 0.25) is 0 Å².